The summed E-state index contributed by atoms with van der Waals surface area (Å²) >= 11 is 0. The number of hydrogen-bond donors (Lipinski definition) is 1. The molecule has 3 aliphatic carbocycles. The van der Waals surface area contributed by atoms with Gasteiger partial charge in [-0.25, -0.2) is 0 Å². The van der Waals surface area contributed by atoms with E-state index >= 15 is 0 Å². The highest BCUT2D eigenvalue weighted by atomic mass is 15.3. The van der Waals surface area contributed by atoms with Gasteiger partial charge in [0.15, 0.2) is 0 Å². The van der Waals surface area contributed by atoms with Crippen LogP contribution in [-0.2, 0) is 0 Å². The lowest BCUT2D eigenvalue weighted by molar-refractivity contribution is 0.272. The van der Waals surface area contributed by atoms with Gasteiger partial charge in [-0.1, -0.05) is 127 Å². The molecule has 43 heavy (non-hydrogen) atoms. The number of nitrogens with one attached hydrogen (secondary N) is 1. The fourth-order valence-electron chi connectivity index (χ4n) is 9.35. The van der Waals surface area contributed by atoms with Crippen molar-refractivity contribution in [2.24, 2.45) is 16.7 Å². The number of fused-ring (bicyclic) bond motifs is 5. The van der Waals surface area contributed by atoms with Crippen LogP contribution in [0.5, 0.6) is 0 Å². The van der Waals surface area contributed by atoms with Crippen LogP contribution in [0, 0.1) is 16.7 Å². The Morgan fingerprint density at radius 1 is 0.767 bits per heavy atom. The van der Waals surface area contributed by atoms with E-state index in [0.29, 0.717) is 30.0 Å². The Balaban J connectivity index is 1.27. The van der Waals surface area contributed by atoms with Gasteiger partial charge in [0.25, 0.3) is 0 Å². The lowest BCUT2D eigenvalue weighted by Gasteiger charge is -2.41. The molecule has 2 heteroatoms. The van der Waals surface area contributed by atoms with Crippen LogP contribution < -0.4 is 15.8 Å². The van der Waals surface area contributed by atoms with Crippen LogP contribution >= 0.6 is 0 Å². The molecular formula is C41H46N2. The van der Waals surface area contributed by atoms with Crippen molar-refractivity contribution in [3.8, 4) is 0 Å². The zero-order valence-corrected chi connectivity index (χ0v) is 26.7. The summed E-state index contributed by atoms with van der Waals surface area (Å²) in [5.41, 5.74) is 9.31. The standard InChI is InChI=1S/C41H46N2/c1-40(2,3)38-29-15-7-8-16-30(29)39(41(4,5)6)37-32-21-20-27(28-17-12-18-31(35(28)32)36(37)38)25-13-11-14-26(23-25)33-24-43-22-10-9-19-34(43)42-33/h7-9,11-21,26,33-34,36-37,42H,10,22-24H2,1-6H3. The highest BCUT2D eigenvalue weighted by Crippen LogP contribution is 2.60. The average Bonchev–Trinajstić information content (AvgIpc) is 3.56. The SMILES string of the molecule is CC(C)(C)C1=c2ccccc2=C(C(C)(C)C)C2c3ccc(C4=CC=CC(C5CN6CCC=CC6N5)C4)c4cccc(c34)C12. The first kappa shape index (κ1) is 27.4. The molecular weight excluding hydrogens is 520 g/mol. The quantitative estimate of drug-likeness (QED) is 0.321. The molecule has 0 bridgehead atoms. The lowest BCUT2D eigenvalue weighted by Crippen LogP contribution is -2.43. The molecule has 1 fully saturated rings. The first-order valence-electron chi connectivity index (χ1n) is 16.6. The molecule has 5 aliphatic rings. The Morgan fingerprint density at radius 2 is 1.47 bits per heavy atom. The Morgan fingerprint density at radius 3 is 2.14 bits per heavy atom. The molecule has 0 spiro atoms. The van der Waals surface area contributed by atoms with Crippen molar-refractivity contribution in [2.75, 3.05) is 13.1 Å². The summed E-state index contributed by atoms with van der Waals surface area (Å²) in [5, 5.41) is 9.81. The second-order valence-corrected chi connectivity index (χ2v) is 15.7. The molecule has 2 nitrogen and oxygen atoms in total. The summed E-state index contributed by atoms with van der Waals surface area (Å²) < 4.78 is 0. The summed E-state index contributed by atoms with van der Waals surface area (Å²) in [6.07, 6.45) is 14.5. The maximum Gasteiger partial charge on any atom is 0.0792 e. The predicted octanol–water partition coefficient (Wildman–Crippen LogP) is 7.65. The van der Waals surface area contributed by atoms with Gasteiger partial charge in [0, 0.05) is 31.0 Å². The Bertz CT molecular complexity index is 1790. The fraction of sp³-hybridized carbons (Fsp3) is 0.415. The molecule has 0 amide bonds. The van der Waals surface area contributed by atoms with Crippen LogP contribution in [0.25, 0.3) is 27.5 Å². The number of nitrogens with zero attached hydrogens (tertiary/aromatic N) is 1. The van der Waals surface area contributed by atoms with Gasteiger partial charge in [-0.05, 0) is 84.2 Å². The van der Waals surface area contributed by atoms with Crippen molar-refractivity contribution in [2.45, 2.75) is 78.4 Å². The summed E-state index contributed by atoms with van der Waals surface area (Å²) in [6.45, 7) is 16.8. The molecule has 220 valence electrons. The van der Waals surface area contributed by atoms with E-state index in [0.717, 1.165) is 13.0 Å². The van der Waals surface area contributed by atoms with Gasteiger partial charge in [-0.15, -0.1) is 0 Å². The van der Waals surface area contributed by atoms with Crippen LogP contribution in [0.1, 0.15) is 82.9 Å². The largest absolute Gasteiger partial charge is 0.294 e. The maximum absolute atomic E-state index is 3.94. The van der Waals surface area contributed by atoms with Crippen LogP contribution in [-0.4, -0.2) is 30.2 Å². The zero-order chi connectivity index (χ0) is 29.7. The predicted molar refractivity (Wildman–Crippen MR) is 182 cm³/mol. The molecule has 0 aromatic heterocycles. The van der Waals surface area contributed by atoms with Crippen molar-refractivity contribution in [3.63, 3.8) is 0 Å². The highest BCUT2D eigenvalue weighted by molar-refractivity contribution is 6.03. The van der Waals surface area contributed by atoms with E-state index in [2.05, 4.69) is 137 Å². The third-order valence-corrected chi connectivity index (χ3v) is 10.9. The van der Waals surface area contributed by atoms with Gasteiger partial charge < -0.3 is 0 Å². The summed E-state index contributed by atoms with van der Waals surface area (Å²) in [4.78, 5) is 2.61. The van der Waals surface area contributed by atoms with Crippen LogP contribution in [0.2, 0.25) is 0 Å². The molecule has 0 radical (unpaired) electrons. The molecule has 5 atom stereocenters. The third-order valence-electron chi connectivity index (χ3n) is 10.9. The minimum Gasteiger partial charge on any atom is -0.294 e. The van der Waals surface area contributed by atoms with Gasteiger partial charge >= 0.3 is 0 Å². The molecule has 0 saturated carbocycles. The van der Waals surface area contributed by atoms with Gasteiger partial charge in [0.2, 0.25) is 0 Å². The number of hydrogen-bond acceptors (Lipinski definition) is 2. The van der Waals surface area contributed by atoms with Crippen LogP contribution in [0.15, 0.2) is 85.0 Å². The van der Waals surface area contributed by atoms with Crippen molar-refractivity contribution in [1.82, 2.24) is 10.2 Å². The van der Waals surface area contributed by atoms with E-state index < -0.39 is 0 Å². The molecule has 2 aliphatic heterocycles. The first-order chi connectivity index (χ1) is 20.6. The minimum absolute atomic E-state index is 0.0655. The molecule has 2 heterocycles. The molecule has 3 aromatic carbocycles. The van der Waals surface area contributed by atoms with E-state index in [-0.39, 0.29) is 10.8 Å². The Labute approximate surface area is 257 Å². The van der Waals surface area contributed by atoms with Crippen molar-refractivity contribution < 1.29 is 0 Å². The molecule has 8 rings (SSSR count). The number of benzene rings is 3. The monoisotopic (exact) mass is 566 g/mol. The van der Waals surface area contributed by atoms with Gasteiger partial charge in [0.1, 0.15) is 0 Å². The van der Waals surface area contributed by atoms with E-state index in [9.17, 15) is 0 Å². The Kier molecular flexibility index (Phi) is 6.14. The van der Waals surface area contributed by atoms with Gasteiger partial charge in [0.05, 0.1) is 6.17 Å². The second-order valence-electron chi connectivity index (χ2n) is 15.7. The van der Waals surface area contributed by atoms with Crippen molar-refractivity contribution in [3.05, 3.63) is 112 Å². The van der Waals surface area contributed by atoms with Gasteiger partial charge in [-0.2, -0.15) is 0 Å². The average molecular weight is 567 g/mol. The molecule has 1 N–H and O–H groups in total. The number of rotatable bonds is 2. The van der Waals surface area contributed by atoms with Crippen LogP contribution in [0.3, 0.4) is 0 Å². The molecule has 5 unspecified atom stereocenters. The van der Waals surface area contributed by atoms with Crippen molar-refractivity contribution >= 4 is 27.5 Å². The minimum atomic E-state index is 0.0655. The maximum atomic E-state index is 3.94. The van der Waals surface area contributed by atoms with Crippen molar-refractivity contribution in [1.29, 1.82) is 0 Å². The topological polar surface area (TPSA) is 15.3 Å². The lowest BCUT2D eigenvalue weighted by atomic mass is 9.62. The van der Waals surface area contributed by atoms with Gasteiger partial charge in [-0.3, -0.25) is 10.2 Å². The fourth-order valence-corrected chi connectivity index (χ4v) is 9.35. The highest BCUT2D eigenvalue weighted by Gasteiger charge is 2.46. The summed E-state index contributed by atoms with van der Waals surface area (Å²) in [7, 11) is 0. The Hall–Kier alpha value is -3.20. The van der Waals surface area contributed by atoms with Crippen LogP contribution in [0.4, 0.5) is 0 Å². The zero-order valence-electron chi connectivity index (χ0n) is 26.7. The third kappa shape index (κ3) is 4.20. The number of allylic oxidation sites excluding steroid dienone is 3. The van der Waals surface area contributed by atoms with E-state index in [1.54, 1.807) is 11.1 Å². The summed E-state index contributed by atoms with van der Waals surface area (Å²) in [6, 6.07) is 21.9. The smallest absolute Gasteiger partial charge is 0.0792 e. The first-order valence-corrected chi connectivity index (χ1v) is 16.6. The van der Waals surface area contributed by atoms with E-state index in [1.165, 1.54) is 56.4 Å². The van der Waals surface area contributed by atoms with E-state index in [1.807, 2.05) is 0 Å². The molecule has 1 saturated heterocycles. The molecule has 3 aromatic rings. The van der Waals surface area contributed by atoms with E-state index in [4.69, 9.17) is 0 Å². The normalized spacial score (nSPS) is 28.2. The summed E-state index contributed by atoms with van der Waals surface area (Å²) in [5.74, 6) is 1.26. The second kappa shape index (κ2) is 9.65.